The number of anilines is 1. The topological polar surface area (TPSA) is 53.5 Å². The van der Waals surface area contributed by atoms with E-state index >= 15 is 0 Å². The maximum Gasteiger partial charge on any atom is 0.294 e. The average molecular weight is 417 g/mol. The lowest BCUT2D eigenvalue weighted by molar-refractivity contribution is 0.386. The summed E-state index contributed by atoms with van der Waals surface area (Å²) >= 11 is 6.52. The smallest absolute Gasteiger partial charge is 0.294 e. The van der Waals surface area contributed by atoms with Crippen molar-refractivity contribution in [3.8, 4) is 28.3 Å². The molecule has 0 saturated carbocycles. The van der Waals surface area contributed by atoms with Crippen LogP contribution in [0, 0.1) is 0 Å². The summed E-state index contributed by atoms with van der Waals surface area (Å²) in [6, 6.07) is 20.8. The highest BCUT2D eigenvalue weighted by atomic mass is 35.5. The summed E-state index contributed by atoms with van der Waals surface area (Å²) in [4.78, 5) is 7.49. The molecule has 0 unspecified atom stereocenters. The van der Waals surface area contributed by atoms with Gasteiger partial charge in [-0.25, -0.2) is 5.01 Å². The molecule has 0 saturated heterocycles. The molecule has 1 heterocycles. The second kappa shape index (κ2) is 8.43. The molecule has 150 valence electrons. The van der Waals surface area contributed by atoms with Crippen molar-refractivity contribution < 1.29 is 4.74 Å². The van der Waals surface area contributed by atoms with Gasteiger partial charge in [0.2, 0.25) is 0 Å². The van der Waals surface area contributed by atoms with Crippen molar-refractivity contribution in [2.45, 2.75) is 6.92 Å². The number of fused-ring (bicyclic) bond motifs is 1. The first-order valence-corrected chi connectivity index (χ1v) is 9.85. The number of H-pyrrole nitrogens is 1. The largest absolute Gasteiger partial charge is 0.468 e. The molecule has 0 radical (unpaired) electrons. The first-order valence-electron chi connectivity index (χ1n) is 9.47. The minimum atomic E-state index is 0.469. The Morgan fingerprint density at radius 3 is 2.27 bits per heavy atom. The number of aromatic nitrogens is 2. The number of benzene rings is 3. The first-order chi connectivity index (χ1) is 14.6. The Morgan fingerprint density at radius 2 is 1.67 bits per heavy atom. The van der Waals surface area contributed by atoms with Gasteiger partial charge in [0.25, 0.3) is 6.01 Å². The van der Waals surface area contributed by atoms with Gasteiger partial charge < -0.3 is 9.72 Å². The molecule has 1 aromatic heterocycles. The predicted molar refractivity (Wildman–Crippen MR) is 125 cm³/mol. The number of nitrogens with zero attached hydrogens (tertiary/aromatic N) is 3. The summed E-state index contributed by atoms with van der Waals surface area (Å²) in [7, 11) is 1.58. The predicted octanol–water partition coefficient (Wildman–Crippen LogP) is 6.51. The fourth-order valence-electron chi connectivity index (χ4n) is 3.32. The SMILES string of the molecule is C=CN(/N=C\C)c1ccc(-c2ccc(-c3cc4nc(OC)[nH]c4cc3Cl)cc2)cc1. The lowest BCUT2D eigenvalue weighted by Gasteiger charge is -2.14. The van der Waals surface area contributed by atoms with E-state index in [1.807, 2.05) is 31.2 Å². The van der Waals surface area contributed by atoms with E-state index in [0.717, 1.165) is 39.0 Å². The highest BCUT2D eigenvalue weighted by Crippen LogP contribution is 2.33. The molecular weight excluding hydrogens is 396 g/mol. The zero-order valence-corrected chi connectivity index (χ0v) is 17.5. The fourth-order valence-corrected chi connectivity index (χ4v) is 3.59. The molecule has 6 heteroatoms. The van der Waals surface area contributed by atoms with Crippen LogP contribution >= 0.6 is 11.6 Å². The molecule has 3 aromatic carbocycles. The number of halogens is 1. The molecule has 0 spiro atoms. The summed E-state index contributed by atoms with van der Waals surface area (Å²) < 4.78 is 5.17. The summed E-state index contributed by atoms with van der Waals surface area (Å²) in [5, 5.41) is 6.65. The lowest BCUT2D eigenvalue weighted by Crippen LogP contribution is -2.06. The molecule has 0 bridgehead atoms. The second-order valence-electron chi connectivity index (χ2n) is 6.62. The van der Waals surface area contributed by atoms with Crippen LogP contribution in [0.25, 0.3) is 33.3 Å². The molecule has 5 nitrogen and oxygen atoms in total. The Labute approximate surface area is 180 Å². The molecule has 0 fully saturated rings. The van der Waals surface area contributed by atoms with Crippen LogP contribution in [-0.4, -0.2) is 23.3 Å². The maximum absolute atomic E-state index is 6.52. The highest BCUT2D eigenvalue weighted by Gasteiger charge is 2.10. The van der Waals surface area contributed by atoms with E-state index in [9.17, 15) is 0 Å². The van der Waals surface area contributed by atoms with Crippen molar-refractivity contribution in [2.75, 3.05) is 12.1 Å². The summed E-state index contributed by atoms with van der Waals surface area (Å²) in [5.41, 5.74) is 6.81. The summed E-state index contributed by atoms with van der Waals surface area (Å²) in [6.07, 6.45) is 3.41. The normalized spacial score (nSPS) is 11.2. The van der Waals surface area contributed by atoms with Crippen LogP contribution in [0.3, 0.4) is 0 Å². The summed E-state index contributed by atoms with van der Waals surface area (Å²) in [5.74, 6) is 0. The standard InChI is InChI=1S/C24H21ClN4O/c1-4-26-29(5-2)19-12-10-17(11-13-19)16-6-8-18(9-7-16)20-14-22-23(15-21(20)25)28-24(27-22)30-3/h4-15H,2H2,1,3H3,(H,27,28)/b26-4-. The van der Waals surface area contributed by atoms with Crippen molar-refractivity contribution in [2.24, 2.45) is 5.10 Å². The molecule has 4 aromatic rings. The molecule has 0 aliphatic carbocycles. The van der Waals surface area contributed by atoms with Crippen LogP contribution in [0.5, 0.6) is 6.01 Å². The molecule has 0 atom stereocenters. The molecular formula is C24H21ClN4O. The molecule has 0 aliphatic rings. The van der Waals surface area contributed by atoms with Crippen molar-refractivity contribution >= 4 is 34.5 Å². The maximum atomic E-state index is 6.52. The van der Waals surface area contributed by atoms with Gasteiger partial charge in [-0.15, -0.1) is 0 Å². The van der Waals surface area contributed by atoms with Crippen molar-refractivity contribution in [1.29, 1.82) is 0 Å². The monoisotopic (exact) mass is 416 g/mol. The number of aromatic amines is 1. The van der Waals surface area contributed by atoms with Crippen molar-refractivity contribution in [1.82, 2.24) is 9.97 Å². The zero-order valence-electron chi connectivity index (χ0n) is 16.8. The first kappa shape index (κ1) is 19.7. The minimum absolute atomic E-state index is 0.469. The van der Waals surface area contributed by atoms with Crippen molar-refractivity contribution in [3.05, 3.63) is 78.5 Å². The van der Waals surface area contributed by atoms with Gasteiger partial charge in [0.15, 0.2) is 0 Å². The third-order valence-electron chi connectivity index (χ3n) is 4.82. The van der Waals surface area contributed by atoms with Gasteiger partial charge in [0, 0.05) is 18.0 Å². The van der Waals surface area contributed by atoms with E-state index in [0.29, 0.717) is 11.0 Å². The van der Waals surface area contributed by atoms with Crippen LogP contribution < -0.4 is 9.75 Å². The Kier molecular flexibility index (Phi) is 5.55. The number of rotatable bonds is 6. The van der Waals surface area contributed by atoms with Gasteiger partial charge in [-0.3, -0.25) is 0 Å². The number of hydrogen-bond donors (Lipinski definition) is 1. The highest BCUT2D eigenvalue weighted by molar-refractivity contribution is 6.34. The Bertz CT molecular complexity index is 1210. The van der Waals surface area contributed by atoms with Gasteiger partial charge in [-0.1, -0.05) is 54.6 Å². The number of ether oxygens (including phenoxy) is 1. The van der Waals surface area contributed by atoms with E-state index in [2.05, 4.69) is 58.0 Å². The van der Waals surface area contributed by atoms with Gasteiger partial charge in [-0.2, -0.15) is 10.1 Å². The van der Waals surface area contributed by atoms with Crippen LogP contribution in [-0.2, 0) is 0 Å². The van der Waals surface area contributed by atoms with E-state index in [-0.39, 0.29) is 0 Å². The Balaban J connectivity index is 1.62. The van der Waals surface area contributed by atoms with Crippen LogP contribution in [0.2, 0.25) is 5.02 Å². The van der Waals surface area contributed by atoms with E-state index in [1.54, 1.807) is 24.5 Å². The number of hydrogen-bond acceptors (Lipinski definition) is 4. The molecule has 1 N–H and O–H groups in total. The zero-order chi connectivity index (χ0) is 21.1. The Hall–Kier alpha value is -3.57. The third kappa shape index (κ3) is 3.80. The van der Waals surface area contributed by atoms with Crippen LogP contribution in [0.1, 0.15) is 6.92 Å². The van der Waals surface area contributed by atoms with Crippen LogP contribution in [0.4, 0.5) is 5.69 Å². The van der Waals surface area contributed by atoms with E-state index < -0.39 is 0 Å². The van der Waals surface area contributed by atoms with E-state index in [1.165, 1.54) is 0 Å². The number of hydrazone groups is 1. The number of imidazole rings is 1. The lowest BCUT2D eigenvalue weighted by atomic mass is 10.00. The van der Waals surface area contributed by atoms with Gasteiger partial charge >= 0.3 is 0 Å². The fraction of sp³-hybridized carbons (Fsp3) is 0.0833. The quantitative estimate of drug-likeness (QED) is 0.287. The number of nitrogens with one attached hydrogen (secondary N) is 1. The second-order valence-corrected chi connectivity index (χ2v) is 7.03. The third-order valence-corrected chi connectivity index (χ3v) is 5.13. The summed E-state index contributed by atoms with van der Waals surface area (Å²) in [6.45, 7) is 5.67. The van der Waals surface area contributed by atoms with Crippen LogP contribution in [0.15, 0.2) is 78.5 Å². The van der Waals surface area contributed by atoms with Gasteiger partial charge in [0.1, 0.15) is 0 Å². The number of methoxy groups -OCH3 is 1. The van der Waals surface area contributed by atoms with E-state index in [4.69, 9.17) is 16.3 Å². The van der Waals surface area contributed by atoms with Gasteiger partial charge in [-0.05, 0) is 47.9 Å². The molecule has 30 heavy (non-hydrogen) atoms. The van der Waals surface area contributed by atoms with Crippen molar-refractivity contribution in [3.63, 3.8) is 0 Å². The average Bonchev–Trinajstić information content (AvgIpc) is 3.19. The Morgan fingerprint density at radius 1 is 1.03 bits per heavy atom. The van der Waals surface area contributed by atoms with Gasteiger partial charge in [0.05, 0.1) is 28.9 Å². The molecule has 0 amide bonds. The minimum Gasteiger partial charge on any atom is -0.468 e. The molecule has 4 rings (SSSR count). The molecule has 0 aliphatic heterocycles.